The van der Waals surface area contributed by atoms with Crippen LogP contribution in [0.3, 0.4) is 0 Å². The quantitative estimate of drug-likeness (QED) is 0.685. The molecule has 0 bridgehead atoms. The standard InChI is InChI=1S/C11H21NO3/c1-8(11(2,3)4)10(15)12-7-5-6-9(13)14/h8H,5-7H2,1-4H3,(H,12,15)(H,13,14). The minimum atomic E-state index is -0.826. The molecule has 0 saturated carbocycles. The Morgan fingerprint density at radius 3 is 2.27 bits per heavy atom. The van der Waals surface area contributed by atoms with E-state index < -0.39 is 5.97 Å². The number of carbonyl (C=O) groups is 2. The maximum atomic E-state index is 11.6. The van der Waals surface area contributed by atoms with Crippen LogP contribution in [0, 0.1) is 11.3 Å². The maximum Gasteiger partial charge on any atom is 0.303 e. The number of carboxylic acids is 1. The van der Waals surface area contributed by atoms with Gasteiger partial charge in [0.25, 0.3) is 0 Å². The van der Waals surface area contributed by atoms with Gasteiger partial charge in [-0.05, 0) is 11.8 Å². The Labute approximate surface area is 91.1 Å². The van der Waals surface area contributed by atoms with Gasteiger partial charge >= 0.3 is 5.97 Å². The molecule has 88 valence electrons. The summed E-state index contributed by atoms with van der Waals surface area (Å²) in [4.78, 5) is 21.8. The normalized spacial score (nSPS) is 13.3. The molecule has 1 amide bonds. The van der Waals surface area contributed by atoms with Crippen molar-refractivity contribution < 1.29 is 14.7 Å². The van der Waals surface area contributed by atoms with Crippen LogP contribution in [0.25, 0.3) is 0 Å². The zero-order chi connectivity index (χ0) is 12.1. The summed E-state index contributed by atoms with van der Waals surface area (Å²) in [5, 5.41) is 11.1. The van der Waals surface area contributed by atoms with E-state index >= 15 is 0 Å². The minimum absolute atomic E-state index is 0.00658. The molecule has 0 saturated heterocycles. The Morgan fingerprint density at radius 2 is 1.87 bits per heavy atom. The van der Waals surface area contributed by atoms with E-state index in [1.807, 2.05) is 27.7 Å². The molecule has 0 aromatic heterocycles. The Kier molecular flexibility index (Phi) is 5.33. The lowest BCUT2D eigenvalue weighted by Gasteiger charge is -2.26. The summed E-state index contributed by atoms with van der Waals surface area (Å²) in [6, 6.07) is 0. The highest BCUT2D eigenvalue weighted by atomic mass is 16.4. The molecule has 0 aliphatic heterocycles. The fourth-order valence-electron chi connectivity index (χ4n) is 0.998. The molecule has 0 heterocycles. The Morgan fingerprint density at radius 1 is 1.33 bits per heavy atom. The van der Waals surface area contributed by atoms with Gasteiger partial charge in [-0.2, -0.15) is 0 Å². The summed E-state index contributed by atoms with van der Waals surface area (Å²) < 4.78 is 0. The second kappa shape index (κ2) is 5.73. The number of nitrogens with one attached hydrogen (secondary N) is 1. The summed E-state index contributed by atoms with van der Waals surface area (Å²) in [5.74, 6) is -0.900. The average Bonchev–Trinajstić information content (AvgIpc) is 2.09. The lowest BCUT2D eigenvalue weighted by Crippen LogP contribution is -2.36. The van der Waals surface area contributed by atoms with E-state index in [0.29, 0.717) is 13.0 Å². The number of amides is 1. The third-order valence-electron chi connectivity index (χ3n) is 2.56. The molecule has 2 N–H and O–H groups in total. The van der Waals surface area contributed by atoms with Gasteiger partial charge in [0.1, 0.15) is 0 Å². The molecule has 0 aromatic rings. The van der Waals surface area contributed by atoms with Crippen LogP contribution in [0.4, 0.5) is 0 Å². The topological polar surface area (TPSA) is 66.4 Å². The van der Waals surface area contributed by atoms with Crippen LogP contribution in [0.1, 0.15) is 40.5 Å². The van der Waals surface area contributed by atoms with Gasteiger partial charge in [-0.25, -0.2) is 0 Å². The van der Waals surface area contributed by atoms with Crippen molar-refractivity contribution in [2.24, 2.45) is 11.3 Å². The van der Waals surface area contributed by atoms with E-state index in [1.165, 1.54) is 0 Å². The zero-order valence-electron chi connectivity index (χ0n) is 9.96. The second-order valence-corrected chi connectivity index (χ2v) is 4.88. The molecule has 0 radical (unpaired) electrons. The SMILES string of the molecule is CC(C(=O)NCCCC(=O)O)C(C)(C)C. The molecule has 15 heavy (non-hydrogen) atoms. The highest BCUT2D eigenvalue weighted by Gasteiger charge is 2.26. The summed E-state index contributed by atoms with van der Waals surface area (Å²) in [6.45, 7) is 8.34. The van der Waals surface area contributed by atoms with Crippen molar-refractivity contribution in [2.45, 2.75) is 40.5 Å². The number of hydrogen-bond acceptors (Lipinski definition) is 2. The molecule has 1 atom stereocenters. The molecule has 4 heteroatoms. The lowest BCUT2D eigenvalue weighted by molar-refractivity contribution is -0.137. The van der Waals surface area contributed by atoms with Gasteiger partial charge in [0.15, 0.2) is 0 Å². The first-order valence-corrected chi connectivity index (χ1v) is 5.24. The largest absolute Gasteiger partial charge is 0.481 e. The van der Waals surface area contributed by atoms with Crippen LogP contribution in [-0.4, -0.2) is 23.5 Å². The monoisotopic (exact) mass is 215 g/mol. The van der Waals surface area contributed by atoms with Gasteiger partial charge in [-0.15, -0.1) is 0 Å². The lowest BCUT2D eigenvalue weighted by atomic mass is 9.81. The van der Waals surface area contributed by atoms with E-state index in [4.69, 9.17) is 5.11 Å². The minimum Gasteiger partial charge on any atom is -0.481 e. The predicted molar refractivity (Wildman–Crippen MR) is 58.5 cm³/mol. The molecule has 0 aliphatic carbocycles. The highest BCUT2D eigenvalue weighted by Crippen LogP contribution is 2.25. The van der Waals surface area contributed by atoms with Crippen LogP contribution in [0.2, 0.25) is 0 Å². The molecule has 0 rings (SSSR count). The molecule has 4 nitrogen and oxygen atoms in total. The van der Waals surface area contributed by atoms with Crippen LogP contribution in [0.5, 0.6) is 0 Å². The van der Waals surface area contributed by atoms with Crippen LogP contribution in [-0.2, 0) is 9.59 Å². The number of hydrogen-bond donors (Lipinski definition) is 2. The van der Waals surface area contributed by atoms with Crippen LogP contribution in [0.15, 0.2) is 0 Å². The highest BCUT2D eigenvalue weighted by molar-refractivity contribution is 5.79. The summed E-state index contributed by atoms with van der Waals surface area (Å²) in [7, 11) is 0. The van der Waals surface area contributed by atoms with E-state index in [1.54, 1.807) is 0 Å². The molecule has 0 aromatic carbocycles. The molecular formula is C11H21NO3. The van der Waals surface area contributed by atoms with Gasteiger partial charge < -0.3 is 10.4 Å². The fraction of sp³-hybridized carbons (Fsp3) is 0.818. The number of carboxylic acid groups (broad SMARTS) is 1. The van der Waals surface area contributed by atoms with Crippen molar-refractivity contribution in [1.29, 1.82) is 0 Å². The van der Waals surface area contributed by atoms with Gasteiger partial charge in [0.2, 0.25) is 5.91 Å². The van der Waals surface area contributed by atoms with Crippen molar-refractivity contribution in [2.75, 3.05) is 6.54 Å². The van der Waals surface area contributed by atoms with E-state index in [-0.39, 0.29) is 23.7 Å². The van der Waals surface area contributed by atoms with Gasteiger partial charge in [-0.3, -0.25) is 9.59 Å². The fourth-order valence-corrected chi connectivity index (χ4v) is 0.998. The van der Waals surface area contributed by atoms with Crippen molar-refractivity contribution >= 4 is 11.9 Å². The molecule has 0 fully saturated rings. The molecular weight excluding hydrogens is 194 g/mol. The summed E-state index contributed by atoms with van der Waals surface area (Å²) in [5.41, 5.74) is -0.0586. The molecule has 0 aliphatic rings. The van der Waals surface area contributed by atoms with Crippen LogP contribution >= 0.6 is 0 Å². The number of aliphatic carboxylic acids is 1. The predicted octanol–water partition coefficient (Wildman–Crippen LogP) is 1.65. The van der Waals surface area contributed by atoms with Crippen molar-refractivity contribution in [3.63, 3.8) is 0 Å². The van der Waals surface area contributed by atoms with Crippen LogP contribution < -0.4 is 5.32 Å². The zero-order valence-corrected chi connectivity index (χ0v) is 9.96. The van der Waals surface area contributed by atoms with Gasteiger partial charge in [-0.1, -0.05) is 27.7 Å². The average molecular weight is 215 g/mol. The molecule has 0 spiro atoms. The maximum absolute atomic E-state index is 11.6. The number of rotatable bonds is 5. The Balaban J connectivity index is 3.80. The first-order valence-electron chi connectivity index (χ1n) is 5.24. The third kappa shape index (κ3) is 6.10. The van der Waals surface area contributed by atoms with E-state index in [0.717, 1.165) is 0 Å². The summed E-state index contributed by atoms with van der Waals surface area (Å²) >= 11 is 0. The van der Waals surface area contributed by atoms with E-state index in [9.17, 15) is 9.59 Å². The van der Waals surface area contributed by atoms with E-state index in [2.05, 4.69) is 5.32 Å². The van der Waals surface area contributed by atoms with Crippen molar-refractivity contribution in [3.05, 3.63) is 0 Å². The third-order valence-corrected chi connectivity index (χ3v) is 2.56. The van der Waals surface area contributed by atoms with Gasteiger partial charge in [0, 0.05) is 18.9 Å². The van der Waals surface area contributed by atoms with Crippen molar-refractivity contribution in [1.82, 2.24) is 5.32 Å². The van der Waals surface area contributed by atoms with Crippen molar-refractivity contribution in [3.8, 4) is 0 Å². The van der Waals surface area contributed by atoms with Gasteiger partial charge in [0.05, 0.1) is 0 Å². The first-order chi connectivity index (χ1) is 6.75. The second-order valence-electron chi connectivity index (χ2n) is 4.88. The molecule has 1 unspecified atom stereocenters. The Bertz CT molecular complexity index is 230. The number of carbonyl (C=O) groups excluding carboxylic acids is 1. The first kappa shape index (κ1) is 13.9. The Hall–Kier alpha value is -1.06. The summed E-state index contributed by atoms with van der Waals surface area (Å²) in [6.07, 6.45) is 0.585. The smallest absolute Gasteiger partial charge is 0.303 e.